The zero-order valence-electron chi connectivity index (χ0n) is 6.67. The minimum absolute atomic E-state index is 0.0145. The third kappa shape index (κ3) is 1.84. The molecule has 0 aromatic carbocycles. The summed E-state index contributed by atoms with van der Waals surface area (Å²) in [4.78, 5) is 0. The lowest BCUT2D eigenvalue weighted by atomic mass is 10.0. The molecule has 0 spiro atoms. The maximum Gasteiger partial charge on any atom is 0.134 e. The number of nitrogens with two attached hydrogens (primary N) is 1. The topological polar surface area (TPSA) is 39.2 Å². The molecule has 2 N–H and O–H groups in total. The third-order valence-electron chi connectivity index (χ3n) is 1.67. The molecule has 1 rings (SSSR count). The highest BCUT2D eigenvalue weighted by Gasteiger charge is 2.16. The molecular formula is C8H12BrNO. The Morgan fingerprint density at radius 2 is 2.18 bits per heavy atom. The van der Waals surface area contributed by atoms with E-state index in [0.29, 0.717) is 5.92 Å². The van der Waals surface area contributed by atoms with E-state index < -0.39 is 0 Å². The average molecular weight is 218 g/mol. The van der Waals surface area contributed by atoms with Crippen molar-refractivity contribution in [3.05, 3.63) is 22.6 Å². The van der Waals surface area contributed by atoms with Gasteiger partial charge < -0.3 is 10.2 Å². The zero-order valence-corrected chi connectivity index (χ0v) is 8.26. The van der Waals surface area contributed by atoms with Crippen molar-refractivity contribution in [3.8, 4) is 0 Å². The molecule has 0 aliphatic carbocycles. The molecule has 1 aromatic heterocycles. The Bertz CT molecular complexity index is 232. The molecule has 0 fully saturated rings. The van der Waals surface area contributed by atoms with Gasteiger partial charge in [0.15, 0.2) is 0 Å². The van der Waals surface area contributed by atoms with E-state index in [1.807, 2.05) is 6.07 Å². The third-order valence-corrected chi connectivity index (χ3v) is 2.32. The minimum Gasteiger partial charge on any atom is -0.466 e. The summed E-state index contributed by atoms with van der Waals surface area (Å²) in [6.07, 6.45) is 1.64. The van der Waals surface area contributed by atoms with E-state index in [-0.39, 0.29) is 6.04 Å². The molecule has 0 aliphatic rings. The molecule has 0 saturated carbocycles. The molecule has 11 heavy (non-hydrogen) atoms. The molecule has 0 radical (unpaired) electrons. The van der Waals surface area contributed by atoms with Crippen LogP contribution < -0.4 is 5.73 Å². The van der Waals surface area contributed by atoms with E-state index in [2.05, 4.69) is 29.8 Å². The Kier molecular flexibility index (Phi) is 2.73. The highest BCUT2D eigenvalue weighted by Crippen LogP contribution is 2.27. The molecule has 1 aromatic rings. The van der Waals surface area contributed by atoms with Crippen LogP contribution in [0.5, 0.6) is 0 Å². The lowest BCUT2D eigenvalue weighted by molar-refractivity contribution is 0.400. The van der Waals surface area contributed by atoms with Crippen LogP contribution in [0.4, 0.5) is 0 Å². The predicted octanol–water partition coefficient (Wildman–Crippen LogP) is 2.70. The van der Waals surface area contributed by atoms with Crippen molar-refractivity contribution in [3.63, 3.8) is 0 Å². The normalized spacial score (nSPS) is 13.9. The lowest BCUT2D eigenvalue weighted by Crippen LogP contribution is -2.16. The maximum atomic E-state index is 5.86. The van der Waals surface area contributed by atoms with Crippen LogP contribution in [0.2, 0.25) is 0 Å². The van der Waals surface area contributed by atoms with E-state index in [1.54, 1.807) is 6.26 Å². The van der Waals surface area contributed by atoms with Gasteiger partial charge in [-0.05, 0) is 27.9 Å². The van der Waals surface area contributed by atoms with Gasteiger partial charge in [0.05, 0.1) is 16.8 Å². The number of hydrogen-bond donors (Lipinski definition) is 1. The summed E-state index contributed by atoms with van der Waals surface area (Å²) in [5, 5.41) is 0. The van der Waals surface area contributed by atoms with Crippen molar-refractivity contribution in [1.82, 2.24) is 0 Å². The van der Waals surface area contributed by atoms with Gasteiger partial charge in [-0.25, -0.2) is 0 Å². The van der Waals surface area contributed by atoms with Crippen LogP contribution in [0.1, 0.15) is 25.6 Å². The smallest absolute Gasteiger partial charge is 0.134 e. The average Bonchev–Trinajstić information content (AvgIpc) is 2.33. The number of halogens is 1. The summed E-state index contributed by atoms with van der Waals surface area (Å²) in [7, 11) is 0. The maximum absolute atomic E-state index is 5.86. The van der Waals surface area contributed by atoms with Gasteiger partial charge in [0.2, 0.25) is 0 Å². The van der Waals surface area contributed by atoms with Gasteiger partial charge >= 0.3 is 0 Å². The molecule has 0 saturated heterocycles. The van der Waals surface area contributed by atoms with E-state index in [9.17, 15) is 0 Å². The lowest BCUT2D eigenvalue weighted by Gasteiger charge is -2.12. The molecule has 2 nitrogen and oxygen atoms in total. The fraction of sp³-hybridized carbons (Fsp3) is 0.500. The zero-order chi connectivity index (χ0) is 8.43. The number of furan rings is 1. The van der Waals surface area contributed by atoms with E-state index in [0.717, 1.165) is 10.2 Å². The second-order valence-electron chi connectivity index (χ2n) is 2.90. The first-order valence-corrected chi connectivity index (χ1v) is 4.40. The van der Waals surface area contributed by atoms with Crippen molar-refractivity contribution < 1.29 is 4.42 Å². The SMILES string of the molecule is CC(C)C(N)c1occc1Br. The molecule has 3 heteroatoms. The van der Waals surface area contributed by atoms with Crippen LogP contribution in [0, 0.1) is 5.92 Å². The molecule has 1 atom stereocenters. The Hall–Kier alpha value is -0.280. The summed E-state index contributed by atoms with van der Waals surface area (Å²) in [5.74, 6) is 1.23. The van der Waals surface area contributed by atoms with Crippen molar-refractivity contribution >= 4 is 15.9 Å². The van der Waals surface area contributed by atoms with Gasteiger partial charge in [-0.3, -0.25) is 0 Å². The van der Waals surface area contributed by atoms with Crippen LogP contribution in [0.25, 0.3) is 0 Å². The second kappa shape index (κ2) is 3.41. The van der Waals surface area contributed by atoms with Crippen LogP contribution in [0.3, 0.4) is 0 Å². The van der Waals surface area contributed by atoms with Gasteiger partial charge in [-0.1, -0.05) is 13.8 Å². The van der Waals surface area contributed by atoms with E-state index in [4.69, 9.17) is 10.2 Å². The van der Waals surface area contributed by atoms with Crippen LogP contribution in [0.15, 0.2) is 21.2 Å². The van der Waals surface area contributed by atoms with Gasteiger partial charge in [-0.2, -0.15) is 0 Å². The van der Waals surface area contributed by atoms with E-state index >= 15 is 0 Å². The largest absolute Gasteiger partial charge is 0.466 e. The van der Waals surface area contributed by atoms with Crippen molar-refractivity contribution in [2.75, 3.05) is 0 Å². The minimum atomic E-state index is -0.0145. The Labute approximate surface area is 74.9 Å². The number of hydrogen-bond acceptors (Lipinski definition) is 2. The van der Waals surface area contributed by atoms with Gasteiger partial charge in [0, 0.05) is 0 Å². The fourth-order valence-electron chi connectivity index (χ4n) is 0.846. The van der Waals surface area contributed by atoms with Crippen molar-refractivity contribution in [2.45, 2.75) is 19.9 Å². The molecule has 1 heterocycles. The first-order chi connectivity index (χ1) is 5.13. The summed E-state index contributed by atoms with van der Waals surface area (Å²) in [5.41, 5.74) is 5.86. The molecule has 0 aliphatic heterocycles. The van der Waals surface area contributed by atoms with Crippen LogP contribution in [-0.2, 0) is 0 Å². The van der Waals surface area contributed by atoms with Gasteiger partial charge in [0.25, 0.3) is 0 Å². The van der Waals surface area contributed by atoms with Crippen molar-refractivity contribution in [2.24, 2.45) is 11.7 Å². The monoisotopic (exact) mass is 217 g/mol. The first kappa shape index (κ1) is 8.81. The predicted molar refractivity (Wildman–Crippen MR) is 48.2 cm³/mol. The summed E-state index contributed by atoms with van der Waals surface area (Å²) < 4.78 is 6.17. The molecule has 0 bridgehead atoms. The summed E-state index contributed by atoms with van der Waals surface area (Å²) in [6.45, 7) is 4.14. The van der Waals surface area contributed by atoms with Gasteiger partial charge in [-0.15, -0.1) is 0 Å². The summed E-state index contributed by atoms with van der Waals surface area (Å²) in [6, 6.07) is 1.84. The Morgan fingerprint density at radius 1 is 1.55 bits per heavy atom. The van der Waals surface area contributed by atoms with E-state index in [1.165, 1.54) is 0 Å². The van der Waals surface area contributed by atoms with Crippen LogP contribution in [-0.4, -0.2) is 0 Å². The quantitative estimate of drug-likeness (QED) is 0.828. The number of rotatable bonds is 2. The first-order valence-electron chi connectivity index (χ1n) is 3.61. The summed E-state index contributed by atoms with van der Waals surface area (Å²) >= 11 is 3.36. The highest BCUT2D eigenvalue weighted by atomic mass is 79.9. The standard InChI is InChI=1S/C8H12BrNO/c1-5(2)7(10)8-6(9)3-4-11-8/h3-5,7H,10H2,1-2H3. The molecule has 62 valence electrons. The fourth-order valence-corrected chi connectivity index (χ4v) is 1.31. The van der Waals surface area contributed by atoms with Crippen LogP contribution >= 0.6 is 15.9 Å². The Balaban J connectivity index is 2.84. The Morgan fingerprint density at radius 3 is 2.55 bits per heavy atom. The molecule has 0 amide bonds. The van der Waals surface area contributed by atoms with Crippen molar-refractivity contribution in [1.29, 1.82) is 0 Å². The molecule has 1 unspecified atom stereocenters. The second-order valence-corrected chi connectivity index (χ2v) is 3.76. The molecular weight excluding hydrogens is 206 g/mol. The van der Waals surface area contributed by atoms with Gasteiger partial charge in [0.1, 0.15) is 5.76 Å². The highest BCUT2D eigenvalue weighted by molar-refractivity contribution is 9.10.